The first-order valence-corrected chi connectivity index (χ1v) is 5.95. The predicted octanol–water partition coefficient (Wildman–Crippen LogP) is 3.30. The molecule has 0 aromatic heterocycles. The van der Waals surface area contributed by atoms with Crippen molar-refractivity contribution in [3.05, 3.63) is 26.6 Å². The van der Waals surface area contributed by atoms with E-state index in [9.17, 15) is 0 Å². The van der Waals surface area contributed by atoms with Gasteiger partial charge in [0, 0.05) is 8.95 Å². The van der Waals surface area contributed by atoms with Crippen LogP contribution in [0.1, 0.15) is 5.56 Å². The zero-order valence-electron chi connectivity index (χ0n) is 7.72. The molecule has 0 aliphatic carbocycles. The monoisotopic (exact) mass is 320 g/mol. The second-order valence-corrected chi connectivity index (χ2v) is 5.01. The lowest BCUT2D eigenvalue weighted by atomic mass is 10.2. The SMILES string of the molecule is Cc1cc(Br)c(Br)cc1OCC1CO1. The van der Waals surface area contributed by atoms with E-state index in [1.807, 2.05) is 19.1 Å². The highest BCUT2D eigenvalue weighted by atomic mass is 79.9. The Labute approximate surface area is 99.8 Å². The van der Waals surface area contributed by atoms with Crippen LogP contribution < -0.4 is 4.74 Å². The fourth-order valence-electron chi connectivity index (χ4n) is 1.13. The molecule has 0 N–H and O–H groups in total. The normalized spacial score (nSPS) is 19.5. The van der Waals surface area contributed by atoms with Crippen molar-refractivity contribution in [2.75, 3.05) is 13.2 Å². The first-order chi connectivity index (χ1) is 6.66. The molecule has 14 heavy (non-hydrogen) atoms. The first kappa shape index (κ1) is 10.5. The summed E-state index contributed by atoms with van der Waals surface area (Å²) in [5.41, 5.74) is 1.13. The Balaban J connectivity index is 2.10. The summed E-state index contributed by atoms with van der Waals surface area (Å²) in [7, 11) is 0. The van der Waals surface area contributed by atoms with Crippen LogP contribution in [-0.2, 0) is 4.74 Å². The van der Waals surface area contributed by atoms with E-state index < -0.39 is 0 Å². The Kier molecular flexibility index (Phi) is 3.14. The summed E-state index contributed by atoms with van der Waals surface area (Å²) in [4.78, 5) is 0. The van der Waals surface area contributed by atoms with Crippen LogP contribution in [0.4, 0.5) is 0 Å². The maximum Gasteiger partial charge on any atom is 0.123 e. The second kappa shape index (κ2) is 4.21. The first-order valence-electron chi connectivity index (χ1n) is 4.37. The molecule has 0 bridgehead atoms. The molecule has 0 amide bonds. The number of benzene rings is 1. The van der Waals surface area contributed by atoms with E-state index in [-0.39, 0.29) is 0 Å². The van der Waals surface area contributed by atoms with Crippen molar-refractivity contribution < 1.29 is 9.47 Å². The number of epoxide rings is 1. The van der Waals surface area contributed by atoms with Crippen LogP contribution in [0.15, 0.2) is 21.1 Å². The van der Waals surface area contributed by atoms with Gasteiger partial charge in [-0.15, -0.1) is 0 Å². The van der Waals surface area contributed by atoms with Gasteiger partial charge in [0.2, 0.25) is 0 Å². The quantitative estimate of drug-likeness (QED) is 0.797. The minimum Gasteiger partial charge on any atom is -0.490 e. The van der Waals surface area contributed by atoms with E-state index in [1.54, 1.807) is 0 Å². The van der Waals surface area contributed by atoms with Crippen LogP contribution >= 0.6 is 31.9 Å². The third-order valence-corrected chi connectivity index (χ3v) is 3.89. The van der Waals surface area contributed by atoms with Crippen molar-refractivity contribution in [1.29, 1.82) is 0 Å². The summed E-state index contributed by atoms with van der Waals surface area (Å²) in [6, 6.07) is 4.01. The molecule has 2 rings (SSSR count). The minimum absolute atomic E-state index is 0.303. The highest BCUT2D eigenvalue weighted by Gasteiger charge is 2.23. The highest BCUT2D eigenvalue weighted by Crippen LogP contribution is 2.31. The number of hydrogen-bond acceptors (Lipinski definition) is 2. The number of rotatable bonds is 3. The van der Waals surface area contributed by atoms with Gasteiger partial charge in [-0.05, 0) is 56.5 Å². The number of hydrogen-bond donors (Lipinski definition) is 0. The zero-order valence-corrected chi connectivity index (χ0v) is 10.9. The Morgan fingerprint density at radius 2 is 2.07 bits per heavy atom. The topological polar surface area (TPSA) is 21.8 Å². The van der Waals surface area contributed by atoms with Crippen molar-refractivity contribution in [2.24, 2.45) is 0 Å². The van der Waals surface area contributed by atoms with E-state index >= 15 is 0 Å². The van der Waals surface area contributed by atoms with Crippen molar-refractivity contribution in [3.8, 4) is 5.75 Å². The number of aryl methyl sites for hydroxylation is 1. The Morgan fingerprint density at radius 1 is 1.43 bits per heavy atom. The summed E-state index contributed by atoms with van der Waals surface area (Å²) in [6.07, 6.45) is 0.303. The molecule has 1 aromatic carbocycles. The van der Waals surface area contributed by atoms with Gasteiger partial charge in [0.15, 0.2) is 0 Å². The van der Waals surface area contributed by atoms with Crippen molar-refractivity contribution >= 4 is 31.9 Å². The molecule has 1 saturated heterocycles. The van der Waals surface area contributed by atoms with E-state index in [0.29, 0.717) is 12.7 Å². The number of ether oxygens (including phenoxy) is 2. The lowest BCUT2D eigenvalue weighted by Crippen LogP contribution is -2.05. The summed E-state index contributed by atoms with van der Waals surface area (Å²) >= 11 is 6.89. The molecule has 0 spiro atoms. The molecule has 1 aliphatic heterocycles. The molecule has 4 heteroatoms. The predicted molar refractivity (Wildman–Crippen MR) is 61.8 cm³/mol. The van der Waals surface area contributed by atoms with Gasteiger partial charge in [0.25, 0.3) is 0 Å². The molecule has 1 atom stereocenters. The fraction of sp³-hybridized carbons (Fsp3) is 0.400. The van der Waals surface area contributed by atoms with Crippen LogP contribution in [-0.4, -0.2) is 19.3 Å². The molecule has 1 aromatic rings. The van der Waals surface area contributed by atoms with Gasteiger partial charge in [-0.3, -0.25) is 0 Å². The van der Waals surface area contributed by atoms with Crippen molar-refractivity contribution in [2.45, 2.75) is 13.0 Å². The zero-order chi connectivity index (χ0) is 10.1. The van der Waals surface area contributed by atoms with Crippen LogP contribution in [0.5, 0.6) is 5.75 Å². The van der Waals surface area contributed by atoms with Gasteiger partial charge in [-0.2, -0.15) is 0 Å². The van der Waals surface area contributed by atoms with Gasteiger partial charge < -0.3 is 9.47 Å². The summed E-state index contributed by atoms with van der Waals surface area (Å²) < 4.78 is 12.8. The second-order valence-electron chi connectivity index (χ2n) is 3.30. The third kappa shape index (κ3) is 2.49. The Morgan fingerprint density at radius 3 is 2.71 bits per heavy atom. The van der Waals surface area contributed by atoms with Crippen molar-refractivity contribution in [3.63, 3.8) is 0 Å². The van der Waals surface area contributed by atoms with Crippen LogP contribution in [0.25, 0.3) is 0 Å². The lowest BCUT2D eigenvalue weighted by Gasteiger charge is -2.09. The van der Waals surface area contributed by atoms with Gasteiger partial charge in [0.05, 0.1) is 6.61 Å². The lowest BCUT2D eigenvalue weighted by molar-refractivity contribution is 0.261. The highest BCUT2D eigenvalue weighted by molar-refractivity contribution is 9.13. The summed E-state index contributed by atoms with van der Waals surface area (Å²) in [5, 5.41) is 0. The van der Waals surface area contributed by atoms with E-state index in [0.717, 1.165) is 26.9 Å². The molecular formula is C10H10Br2O2. The van der Waals surface area contributed by atoms with Gasteiger partial charge >= 0.3 is 0 Å². The minimum atomic E-state index is 0.303. The van der Waals surface area contributed by atoms with Crippen LogP contribution in [0.3, 0.4) is 0 Å². The Bertz CT molecular complexity index is 348. The molecule has 76 valence electrons. The van der Waals surface area contributed by atoms with Crippen LogP contribution in [0, 0.1) is 6.92 Å². The smallest absolute Gasteiger partial charge is 0.123 e. The molecule has 1 heterocycles. The summed E-state index contributed by atoms with van der Waals surface area (Å²) in [6.45, 7) is 3.51. The maximum absolute atomic E-state index is 5.62. The largest absolute Gasteiger partial charge is 0.490 e. The van der Waals surface area contributed by atoms with E-state index in [4.69, 9.17) is 9.47 Å². The summed E-state index contributed by atoms with van der Waals surface area (Å²) in [5.74, 6) is 0.913. The van der Waals surface area contributed by atoms with Crippen LogP contribution in [0.2, 0.25) is 0 Å². The van der Waals surface area contributed by atoms with E-state index in [1.165, 1.54) is 0 Å². The molecular weight excluding hydrogens is 312 g/mol. The van der Waals surface area contributed by atoms with Crippen molar-refractivity contribution in [1.82, 2.24) is 0 Å². The average molecular weight is 322 g/mol. The number of halogens is 2. The average Bonchev–Trinajstić information content (AvgIpc) is 2.92. The molecule has 1 unspecified atom stereocenters. The van der Waals surface area contributed by atoms with Gasteiger partial charge in [-0.25, -0.2) is 0 Å². The molecule has 0 saturated carbocycles. The third-order valence-electron chi connectivity index (χ3n) is 2.04. The van der Waals surface area contributed by atoms with Gasteiger partial charge in [0.1, 0.15) is 18.5 Å². The standard InChI is InChI=1S/C10H10Br2O2/c1-6-2-8(11)9(12)3-10(6)14-5-7-4-13-7/h2-3,7H,4-5H2,1H3. The maximum atomic E-state index is 5.62. The fourth-order valence-corrected chi connectivity index (χ4v) is 1.91. The van der Waals surface area contributed by atoms with Gasteiger partial charge in [-0.1, -0.05) is 0 Å². The molecule has 1 aliphatic rings. The Hall–Kier alpha value is -0.0600. The molecule has 1 fully saturated rings. The van der Waals surface area contributed by atoms with E-state index in [2.05, 4.69) is 31.9 Å². The molecule has 2 nitrogen and oxygen atoms in total. The molecule has 0 radical (unpaired) electrons.